The Morgan fingerprint density at radius 1 is 1.48 bits per heavy atom. The molecule has 0 saturated carbocycles. The molecular formula is C17H22ClN3O4. The summed E-state index contributed by atoms with van der Waals surface area (Å²) in [4.78, 5) is 26.3. The van der Waals surface area contributed by atoms with E-state index in [1.54, 1.807) is 23.1 Å². The van der Waals surface area contributed by atoms with Gasteiger partial charge < -0.3 is 25.4 Å². The van der Waals surface area contributed by atoms with Gasteiger partial charge in [0.1, 0.15) is 5.75 Å². The largest absolute Gasteiger partial charge is 0.495 e. The molecule has 2 amide bonds. The Hall–Kier alpha value is -1.83. The van der Waals surface area contributed by atoms with Crippen molar-refractivity contribution in [2.75, 3.05) is 38.2 Å². The fourth-order valence-electron chi connectivity index (χ4n) is 3.29. The van der Waals surface area contributed by atoms with Gasteiger partial charge in [0, 0.05) is 43.5 Å². The maximum absolute atomic E-state index is 12.4. The number of carbonyl (C=O) groups excluding carboxylic acids is 2. The van der Waals surface area contributed by atoms with Gasteiger partial charge in [-0.05, 0) is 18.2 Å². The van der Waals surface area contributed by atoms with E-state index in [9.17, 15) is 14.7 Å². The first-order valence-electron chi connectivity index (χ1n) is 8.30. The van der Waals surface area contributed by atoms with Crippen LogP contribution in [0.25, 0.3) is 0 Å². The number of benzene rings is 1. The zero-order valence-corrected chi connectivity index (χ0v) is 14.8. The van der Waals surface area contributed by atoms with Gasteiger partial charge in [0.05, 0.1) is 24.8 Å². The predicted molar refractivity (Wildman–Crippen MR) is 93.8 cm³/mol. The number of nitrogens with zero attached hydrogens (tertiary/aromatic N) is 1. The van der Waals surface area contributed by atoms with Crippen LogP contribution < -0.4 is 20.3 Å². The van der Waals surface area contributed by atoms with E-state index >= 15 is 0 Å². The average Bonchev–Trinajstić information content (AvgIpc) is 3.18. The molecule has 0 bridgehead atoms. The number of anilines is 1. The number of aliphatic hydroxyl groups is 1. The van der Waals surface area contributed by atoms with Crippen LogP contribution in [0.4, 0.5) is 5.69 Å². The van der Waals surface area contributed by atoms with Gasteiger partial charge >= 0.3 is 0 Å². The predicted octanol–water partition coefficient (Wildman–Crippen LogP) is 0.398. The number of aliphatic hydroxyl groups excluding tert-OH is 1. The fraction of sp³-hybridized carbons (Fsp3) is 0.529. The summed E-state index contributed by atoms with van der Waals surface area (Å²) in [7, 11) is 1.53. The molecule has 2 aliphatic heterocycles. The minimum Gasteiger partial charge on any atom is -0.495 e. The maximum atomic E-state index is 12.4. The van der Waals surface area contributed by atoms with E-state index in [1.165, 1.54) is 7.11 Å². The molecular weight excluding hydrogens is 346 g/mol. The van der Waals surface area contributed by atoms with Gasteiger partial charge in [-0.2, -0.15) is 0 Å². The van der Waals surface area contributed by atoms with Crippen LogP contribution in [0.15, 0.2) is 18.2 Å². The van der Waals surface area contributed by atoms with E-state index in [1.807, 2.05) is 0 Å². The molecule has 0 spiro atoms. The van der Waals surface area contributed by atoms with Gasteiger partial charge in [-0.25, -0.2) is 0 Å². The van der Waals surface area contributed by atoms with Crippen LogP contribution in [0.3, 0.4) is 0 Å². The molecule has 2 fully saturated rings. The van der Waals surface area contributed by atoms with Crippen LogP contribution in [0.5, 0.6) is 5.75 Å². The molecule has 2 heterocycles. The molecule has 7 nitrogen and oxygen atoms in total. The molecule has 0 aromatic heterocycles. The summed E-state index contributed by atoms with van der Waals surface area (Å²) in [5.74, 6) is -0.189. The van der Waals surface area contributed by atoms with Crippen molar-refractivity contribution in [2.24, 2.45) is 11.8 Å². The van der Waals surface area contributed by atoms with Crippen LogP contribution in [0.1, 0.15) is 6.42 Å². The maximum Gasteiger partial charge on any atom is 0.227 e. The number of ether oxygens (including phenoxy) is 1. The Balaban J connectivity index is 1.64. The van der Waals surface area contributed by atoms with Crippen molar-refractivity contribution in [3.63, 3.8) is 0 Å². The molecule has 3 rings (SSSR count). The number of hydrogen-bond donors (Lipinski definition) is 3. The highest BCUT2D eigenvalue weighted by Gasteiger charge is 2.37. The molecule has 1 aromatic carbocycles. The second kappa shape index (κ2) is 7.59. The first kappa shape index (κ1) is 18.0. The number of methoxy groups -OCH3 is 1. The highest BCUT2D eigenvalue weighted by Crippen LogP contribution is 2.35. The number of halogens is 1. The van der Waals surface area contributed by atoms with Crippen molar-refractivity contribution < 1.29 is 19.4 Å². The van der Waals surface area contributed by atoms with Gasteiger partial charge in [-0.3, -0.25) is 9.59 Å². The van der Waals surface area contributed by atoms with Crippen molar-refractivity contribution in [3.05, 3.63) is 23.2 Å². The second-order valence-electron chi connectivity index (χ2n) is 6.45. The summed E-state index contributed by atoms with van der Waals surface area (Å²) in [6.45, 7) is 1.91. The molecule has 8 heteroatoms. The van der Waals surface area contributed by atoms with E-state index in [0.29, 0.717) is 36.1 Å². The number of β-amino-alcohol motifs (C(OH)–C–C–N with tert-alkyl or cyclic N) is 1. The lowest BCUT2D eigenvalue weighted by Crippen LogP contribution is -2.38. The van der Waals surface area contributed by atoms with Crippen molar-refractivity contribution >= 4 is 29.1 Å². The Kier molecular flexibility index (Phi) is 5.46. The van der Waals surface area contributed by atoms with E-state index in [-0.39, 0.29) is 30.7 Å². The normalized spacial score (nSPS) is 26.1. The monoisotopic (exact) mass is 367 g/mol. The van der Waals surface area contributed by atoms with Crippen LogP contribution in [-0.2, 0) is 9.59 Å². The summed E-state index contributed by atoms with van der Waals surface area (Å²) in [6.07, 6.45) is -0.301. The Labute approximate surface area is 151 Å². The highest BCUT2D eigenvalue weighted by atomic mass is 35.5. The molecule has 2 aliphatic rings. The van der Waals surface area contributed by atoms with Crippen molar-refractivity contribution in [1.82, 2.24) is 10.6 Å². The lowest BCUT2D eigenvalue weighted by molar-refractivity contribution is -0.126. The molecule has 3 N–H and O–H groups in total. The third-order valence-electron chi connectivity index (χ3n) is 4.77. The summed E-state index contributed by atoms with van der Waals surface area (Å²) >= 11 is 6.03. The van der Waals surface area contributed by atoms with E-state index in [2.05, 4.69) is 10.6 Å². The molecule has 0 aliphatic carbocycles. The van der Waals surface area contributed by atoms with Crippen molar-refractivity contribution in [3.8, 4) is 5.75 Å². The molecule has 25 heavy (non-hydrogen) atoms. The minimum absolute atomic E-state index is 0.00480. The van der Waals surface area contributed by atoms with Crippen LogP contribution in [0, 0.1) is 11.8 Å². The lowest BCUT2D eigenvalue weighted by Gasteiger charge is -2.20. The molecule has 0 radical (unpaired) electrons. The first-order chi connectivity index (χ1) is 12.0. The number of rotatable bonds is 5. The third kappa shape index (κ3) is 3.89. The number of carbonyl (C=O) groups is 2. The highest BCUT2D eigenvalue weighted by molar-refractivity contribution is 6.31. The summed E-state index contributed by atoms with van der Waals surface area (Å²) in [5.41, 5.74) is 0.575. The molecule has 136 valence electrons. The van der Waals surface area contributed by atoms with Crippen LogP contribution >= 0.6 is 11.6 Å². The zero-order chi connectivity index (χ0) is 18.0. The molecule has 3 atom stereocenters. The summed E-state index contributed by atoms with van der Waals surface area (Å²) in [6, 6.07) is 5.06. The molecule has 1 aromatic rings. The number of hydrogen-bond acceptors (Lipinski definition) is 5. The number of amides is 2. The quantitative estimate of drug-likeness (QED) is 0.700. The number of nitrogens with one attached hydrogen (secondary N) is 2. The second-order valence-corrected chi connectivity index (χ2v) is 6.89. The minimum atomic E-state index is -0.447. The Bertz CT molecular complexity index is 669. The summed E-state index contributed by atoms with van der Waals surface area (Å²) < 4.78 is 5.30. The van der Waals surface area contributed by atoms with Crippen molar-refractivity contribution in [1.29, 1.82) is 0 Å². The third-order valence-corrected chi connectivity index (χ3v) is 5.01. The van der Waals surface area contributed by atoms with Gasteiger partial charge in [0.15, 0.2) is 0 Å². The smallest absolute Gasteiger partial charge is 0.227 e. The standard InChI is InChI=1S/C17H22ClN3O4/c1-25-15-3-2-12(18)5-13(15)21-9-10(4-16(21)23)17(24)20-7-11-6-19-8-14(11)22/h2-3,5,10-11,14,19,22H,4,6-9H2,1H3,(H,20,24). The first-order valence-corrected chi connectivity index (χ1v) is 8.67. The Morgan fingerprint density at radius 2 is 2.28 bits per heavy atom. The average molecular weight is 368 g/mol. The van der Waals surface area contributed by atoms with E-state index < -0.39 is 12.0 Å². The van der Waals surface area contributed by atoms with E-state index in [0.717, 1.165) is 0 Å². The van der Waals surface area contributed by atoms with E-state index in [4.69, 9.17) is 16.3 Å². The zero-order valence-electron chi connectivity index (χ0n) is 14.0. The van der Waals surface area contributed by atoms with Crippen LogP contribution in [-0.4, -0.2) is 56.3 Å². The van der Waals surface area contributed by atoms with Gasteiger partial charge in [0.2, 0.25) is 11.8 Å². The lowest BCUT2D eigenvalue weighted by atomic mass is 10.0. The van der Waals surface area contributed by atoms with Gasteiger partial charge in [-0.1, -0.05) is 11.6 Å². The SMILES string of the molecule is COc1ccc(Cl)cc1N1CC(C(=O)NCC2CNCC2O)CC1=O. The molecule has 2 saturated heterocycles. The summed E-state index contributed by atoms with van der Waals surface area (Å²) in [5, 5.41) is 16.2. The Morgan fingerprint density at radius 3 is 2.96 bits per heavy atom. The fourth-order valence-corrected chi connectivity index (χ4v) is 3.46. The topological polar surface area (TPSA) is 90.9 Å². The van der Waals surface area contributed by atoms with Crippen LogP contribution in [0.2, 0.25) is 5.02 Å². The van der Waals surface area contributed by atoms with Crippen molar-refractivity contribution in [2.45, 2.75) is 12.5 Å². The molecule has 3 unspecified atom stereocenters. The van der Waals surface area contributed by atoms with Gasteiger partial charge in [0.25, 0.3) is 0 Å². The van der Waals surface area contributed by atoms with Gasteiger partial charge in [-0.15, -0.1) is 0 Å².